The van der Waals surface area contributed by atoms with E-state index in [9.17, 15) is 9.59 Å². The van der Waals surface area contributed by atoms with Crippen molar-refractivity contribution >= 4 is 11.9 Å². The molecule has 22 heavy (non-hydrogen) atoms. The number of carbonyl (C=O) groups excluding carboxylic acids is 2. The first-order valence-corrected chi connectivity index (χ1v) is 8.80. The van der Waals surface area contributed by atoms with E-state index < -0.39 is 0 Å². The molecule has 0 aliphatic rings. The quantitative estimate of drug-likeness (QED) is 0.514. The highest BCUT2D eigenvalue weighted by atomic mass is 16.6. The number of hydrogen-bond acceptors (Lipinski definition) is 4. The molecule has 0 aromatic rings. The van der Waals surface area contributed by atoms with Crippen molar-refractivity contribution in [1.82, 2.24) is 0 Å². The molecule has 0 saturated carbocycles. The normalized spacial score (nSPS) is 12.1. The molecule has 0 spiro atoms. The molecule has 0 amide bonds. The molecule has 0 fully saturated rings. The number of rotatable bonds is 11. The van der Waals surface area contributed by atoms with E-state index in [4.69, 9.17) is 9.47 Å². The van der Waals surface area contributed by atoms with Crippen LogP contribution in [0.3, 0.4) is 0 Å². The van der Waals surface area contributed by atoms with E-state index in [0.29, 0.717) is 0 Å². The Morgan fingerprint density at radius 3 is 1.00 bits per heavy atom. The van der Waals surface area contributed by atoms with Crippen molar-refractivity contribution in [3.8, 4) is 0 Å². The molecule has 0 heterocycles. The van der Waals surface area contributed by atoms with Crippen molar-refractivity contribution in [3.05, 3.63) is 0 Å². The van der Waals surface area contributed by atoms with Gasteiger partial charge in [-0.3, -0.25) is 9.59 Å². The van der Waals surface area contributed by atoms with Gasteiger partial charge in [0.25, 0.3) is 0 Å². The van der Waals surface area contributed by atoms with Crippen LogP contribution in [0.15, 0.2) is 0 Å². The van der Waals surface area contributed by atoms with Crippen LogP contribution in [0.4, 0.5) is 0 Å². The molecule has 0 atom stereocenters. The summed E-state index contributed by atoms with van der Waals surface area (Å²) in [5, 5.41) is 0. The van der Waals surface area contributed by atoms with Crippen molar-refractivity contribution in [2.45, 2.75) is 104 Å². The predicted molar refractivity (Wildman–Crippen MR) is 88.6 cm³/mol. The number of esters is 2. The zero-order chi connectivity index (χ0) is 17.2. The van der Waals surface area contributed by atoms with E-state index >= 15 is 0 Å². The molecule has 0 radical (unpaired) electrons. The van der Waals surface area contributed by atoms with Crippen molar-refractivity contribution in [2.24, 2.45) is 0 Å². The average molecular weight is 314 g/mol. The van der Waals surface area contributed by atoms with Gasteiger partial charge in [-0.2, -0.15) is 0 Å². The molecule has 0 aromatic heterocycles. The molecule has 0 aliphatic carbocycles. The maximum atomic E-state index is 12.0. The Hall–Kier alpha value is -1.06. The fraction of sp³-hybridized carbons (Fsp3) is 0.889. The number of carbonyl (C=O) groups is 2. The Kier molecular flexibility index (Phi) is 9.38. The lowest BCUT2D eigenvalue weighted by Gasteiger charge is -2.31. The van der Waals surface area contributed by atoms with Crippen molar-refractivity contribution in [3.63, 3.8) is 0 Å². The summed E-state index contributed by atoms with van der Waals surface area (Å²) >= 11 is 0. The van der Waals surface area contributed by atoms with Crippen LogP contribution < -0.4 is 0 Å². The van der Waals surface area contributed by atoms with E-state index in [1.807, 2.05) is 41.5 Å². The van der Waals surface area contributed by atoms with Crippen LogP contribution in [0.2, 0.25) is 0 Å². The Balaban J connectivity index is 4.44. The van der Waals surface area contributed by atoms with E-state index in [1.54, 1.807) is 0 Å². The monoisotopic (exact) mass is 314 g/mol. The van der Waals surface area contributed by atoms with Gasteiger partial charge in [-0.1, -0.05) is 41.5 Å². The first kappa shape index (κ1) is 20.9. The van der Waals surface area contributed by atoms with Crippen LogP contribution in [0.25, 0.3) is 0 Å². The summed E-state index contributed by atoms with van der Waals surface area (Å²) in [6.45, 7) is 12.1. The van der Waals surface area contributed by atoms with Crippen LogP contribution in [0.1, 0.15) is 92.9 Å². The van der Waals surface area contributed by atoms with Crippen LogP contribution in [-0.2, 0) is 19.1 Å². The highest BCUT2D eigenvalue weighted by Crippen LogP contribution is 2.27. The minimum atomic E-state index is -0.388. The topological polar surface area (TPSA) is 52.6 Å². The summed E-state index contributed by atoms with van der Waals surface area (Å²) in [4.78, 5) is 24.0. The molecule has 0 saturated heterocycles. The maximum Gasteiger partial charge on any atom is 0.306 e. The summed E-state index contributed by atoms with van der Waals surface area (Å²) in [5.74, 6) is -0.616. The van der Waals surface area contributed by atoms with Gasteiger partial charge in [0, 0.05) is 0 Å². The second-order valence-electron chi connectivity index (χ2n) is 5.94. The third kappa shape index (κ3) is 5.98. The van der Waals surface area contributed by atoms with Gasteiger partial charge < -0.3 is 9.47 Å². The van der Waals surface area contributed by atoms with Gasteiger partial charge in [0.1, 0.15) is 11.2 Å². The van der Waals surface area contributed by atoms with Crippen molar-refractivity contribution in [2.75, 3.05) is 0 Å². The lowest BCUT2D eigenvalue weighted by atomic mass is 9.94. The van der Waals surface area contributed by atoms with Gasteiger partial charge >= 0.3 is 11.9 Å². The molecule has 0 N–H and O–H groups in total. The van der Waals surface area contributed by atoms with Gasteiger partial charge in [0.15, 0.2) is 0 Å². The average Bonchev–Trinajstić information content (AvgIpc) is 2.56. The standard InChI is InChI=1S/C18H34O4/c1-7-17(8-2,9-3)21-15(19)13-14-16(20)22-18(10-4,11-5)12-6/h7-14H2,1-6H3. The third-order valence-corrected chi connectivity index (χ3v) is 5.06. The van der Waals surface area contributed by atoms with E-state index in [2.05, 4.69) is 0 Å². The van der Waals surface area contributed by atoms with Crippen molar-refractivity contribution in [1.29, 1.82) is 0 Å². The van der Waals surface area contributed by atoms with Crippen LogP contribution in [0.5, 0.6) is 0 Å². The molecule has 4 nitrogen and oxygen atoms in total. The first-order chi connectivity index (χ1) is 10.4. The molecule has 0 bridgehead atoms. The zero-order valence-corrected chi connectivity index (χ0v) is 15.3. The fourth-order valence-corrected chi connectivity index (χ4v) is 2.72. The Morgan fingerprint density at radius 2 is 0.818 bits per heavy atom. The van der Waals surface area contributed by atoms with E-state index in [1.165, 1.54) is 0 Å². The lowest BCUT2D eigenvalue weighted by molar-refractivity contribution is -0.168. The molecule has 0 aromatic carbocycles. The van der Waals surface area contributed by atoms with Gasteiger partial charge in [0.2, 0.25) is 0 Å². The fourth-order valence-electron chi connectivity index (χ4n) is 2.72. The SMILES string of the molecule is CCC(CC)(CC)OC(=O)CCC(=O)OC(CC)(CC)CC. The highest BCUT2D eigenvalue weighted by molar-refractivity contribution is 5.78. The molecule has 0 rings (SSSR count). The van der Waals surface area contributed by atoms with Gasteiger partial charge in [-0.15, -0.1) is 0 Å². The van der Waals surface area contributed by atoms with Crippen LogP contribution >= 0.6 is 0 Å². The first-order valence-electron chi connectivity index (χ1n) is 8.80. The second kappa shape index (κ2) is 9.86. The Bertz CT molecular complexity index is 290. The predicted octanol–water partition coefficient (Wildman–Crippen LogP) is 4.79. The summed E-state index contributed by atoms with van der Waals surface area (Å²) in [6, 6.07) is 0. The van der Waals surface area contributed by atoms with E-state index in [-0.39, 0.29) is 36.0 Å². The lowest BCUT2D eigenvalue weighted by Crippen LogP contribution is -2.34. The highest BCUT2D eigenvalue weighted by Gasteiger charge is 2.30. The molecular formula is C18H34O4. The van der Waals surface area contributed by atoms with Gasteiger partial charge in [0.05, 0.1) is 12.8 Å². The molecular weight excluding hydrogens is 280 g/mol. The largest absolute Gasteiger partial charge is 0.459 e. The van der Waals surface area contributed by atoms with E-state index in [0.717, 1.165) is 38.5 Å². The maximum absolute atomic E-state index is 12.0. The summed E-state index contributed by atoms with van der Waals surface area (Å²) in [7, 11) is 0. The number of ether oxygens (including phenoxy) is 2. The summed E-state index contributed by atoms with van der Waals surface area (Å²) in [5.41, 5.74) is -0.776. The van der Waals surface area contributed by atoms with Crippen molar-refractivity contribution < 1.29 is 19.1 Å². The van der Waals surface area contributed by atoms with Crippen LogP contribution in [0, 0.1) is 0 Å². The summed E-state index contributed by atoms with van der Waals surface area (Å²) in [6.07, 6.45) is 4.94. The Labute approximate surface area is 135 Å². The Morgan fingerprint density at radius 1 is 0.591 bits per heavy atom. The van der Waals surface area contributed by atoms with Gasteiger partial charge in [-0.25, -0.2) is 0 Å². The minimum Gasteiger partial charge on any atom is -0.459 e. The molecule has 4 heteroatoms. The molecule has 0 unspecified atom stereocenters. The minimum absolute atomic E-state index is 0.0911. The number of hydrogen-bond donors (Lipinski definition) is 0. The van der Waals surface area contributed by atoms with Crippen LogP contribution in [-0.4, -0.2) is 23.1 Å². The van der Waals surface area contributed by atoms with Gasteiger partial charge in [-0.05, 0) is 38.5 Å². The summed E-state index contributed by atoms with van der Waals surface area (Å²) < 4.78 is 11.2. The smallest absolute Gasteiger partial charge is 0.306 e. The molecule has 0 aliphatic heterocycles. The second-order valence-corrected chi connectivity index (χ2v) is 5.94. The third-order valence-electron chi connectivity index (χ3n) is 5.06. The zero-order valence-electron chi connectivity index (χ0n) is 15.3. The molecule has 130 valence electrons.